The first-order chi connectivity index (χ1) is 9.10. The Morgan fingerprint density at radius 3 is 2.58 bits per heavy atom. The lowest BCUT2D eigenvalue weighted by Crippen LogP contribution is -2.56. The summed E-state index contributed by atoms with van der Waals surface area (Å²) in [7, 11) is 0. The minimum Gasteiger partial charge on any atom is -0.480 e. The Balaban J connectivity index is 2.17. The molecule has 3 N–H and O–H groups in total. The minimum absolute atomic E-state index is 0.0922. The van der Waals surface area contributed by atoms with Crippen LogP contribution in [0.1, 0.15) is 32.1 Å². The number of hydrogen-bond donors (Lipinski definition) is 2. The summed E-state index contributed by atoms with van der Waals surface area (Å²) in [6.07, 6.45) is 3.45. The fraction of sp³-hybridized carbons (Fsp3) is 0.846. The fourth-order valence-electron chi connectivity index (χ4n) is 3.00. The van der Waals surface area contributed by atoms with E-state index in [1.807, 2.05) is 0 Å². The zero-order valence-electron chi connectivity index (χ0n) is 11.1. The largest absolute Gasteiger partial charge is 0.480 e. The van der Waals surface area contributed by atoms with Crippen LogP contribution in [0.15, 0.2) is 0 Å². The summed E-state index contributed by atoms with van der Waals surface area (Å²) in [6.45, 7) is 1.83. The molecule has 2 rings (SSSR count). The lowest BCUT2D eigenvalue weighted by atomic mass is 9.78. The van der Waals surface area contributed by atoms with Gasteiger partial charge in [-0.15, -0.1) is 0 Å². The Bertz CT molecular complexity index is 353. The molecule has 0 saturated carbocycles. The lowest BCUT2D eigenvalue weighted by Gasteiger charge is -2.42. The number of carboxylic acid groups (broad SMARTS) is 1. The SMILES string of the molecule is NCC1(C(=O)N2CCCC[C@@H]2C(=O)O)CCOCC1. The summed E-state index contributed by atoms with van der Waals surface area (Å²) < 4.78 is 5.30. The molecule has 2 aliphatic rings. The van der Waals surface area contributed by atoms with Gasteiger partial charge in [0.05, 0.1) is 5.41 Å². The number of nitrogens with zero attached hydrogens (tertiary/aromatic N) is 1. The van der Waals surface area contributed by atoms with Crippen LogP contribution in [-0.2, 0) is 14.3 Å². The molecule has 0 radical (unpaired) electrons. The van der Waals surface area contributed by atoms with E-state index in [-0.39, 0.29) is 12.5 Å². The molecule has 2 heterocycles. The van der Waals surface area contributed by atoms with Crippen LogP contribution in [0, 0.1) is 5.41 Å². The highest BCUT2D eigenvalue weighted by molar-refractivity contribution is 5.88. The van der Waals surface area contributed by atoms with Crippen LogP contribution in [0.5, 0.6) is 0 Å². The van der Waals surface area contributed by atoms with Gasteiger partial charge in [0, 0.05) is 26.3 Å². The number of aliphatic carboxylic acids is 1. The highest BCUT2D eigenvalue weighted by atomic mass is 16.5. The molecule has 0 bridgehead atoms. The number of carbonyl (C=O) groups excluding carboxylic acids is 1. The molecule has 2 saturated heterocycles. The van der Waals surface area contributed by atoms with E-state index in [9.17, 15) is 14.7 Å². The van der Waals surface area contributed by atoms with Gasteiger partial charge in [0.15, 0.2) is 0 Å². The predicted molar refractivity (Wildman–Crippen MR) is 68.5 cm³/mol. The van der Waals surface area contributed by atoms with Gasteiger partial charge in [-0.05, 0) is 32.1 Å². The minimum atomic E-state index is -0.910. The van der Waals surface area contributed by atoms with Crippen LogP contribution in [0.25, 0.3) is 0 Å². The molecule has 19 heavy (non-hydrogen) atoms. The second-order valence-electron chi connectivity index (χ2n) is 5.45. The number of amides is 1. The van der Waals surface area contributed by atoms with Crippen molar-refractivity contribution in [3.63, 3.8) is 0 Å². The average Bonchev–Trinajstić information content (AvgIpc) is 2.47. The fourth-order valence-corrected chi connectivity index (χ4v) is 3.00. The topological polar surface area (TPSA) is 92.9 Å². The van der Waals surface area contributed by atoms with E-state index in [4.69, 9.17) is 10.5 Å². The summed E-state index contributed by atoms with van der Waals surface area (Å²) in [5.41, 5.74) is 5.20. The van der Waals surface area contributed by atoms with E-state index >= 15 is 0 Å². The highest BCUT2D eigenvalue weighted by Crippen LogP contribution is 2.34. The normalized spacial score (nSPS) is 27.0. The Morgan fingerprint density at radius 2 is 2.00 bits per heavy atom. The summed E-state index contributed by atoms with van der Waals surface area (Å²) in [6, 6.07) is -0.687. The first-order valence-electron chi connectivity index (χ1n) is 6.92. The van der Waals surface area contributed by atoms with Gasteiger partial charge >= 0.3 is 5.97 Å². The first kappa shape index (κ1) is 14.3. The second kappa shape index (κ2) is 5.88. The molecule has 1 amide bonds. The molecule has 0 aromatic heterocycles. The molecule has 2 aliphatic heterocycles. The van der Waals surface area contributed by atoms with Crippen LogP contribution >= 0.6 is 0 Å². The van der Waals surface area contributed by atoms with Gasteiger partial charge in [-0.25, -0.2) is 4.79 Å². The number of hydrogen-bond acceptors (Lipinski definition) is 4. The maximum atomic E-state index is 12.7. The Labute approximate surface area is 112 Å². The quantitative estimate of drug-likeness (QED) is 0.764. The Morgan fingerprint density at radius 1 is 1.32 bits per heavy atom. The van der Waals surface area contributed by atoms with Gasteiger partial charge < -0.3 is 20.5 Å². The van der Waals surface area contributed by atoms with Crippen molar-refractivity contribution in [2.45, 2.75) is 38.1 Å². The maximum Gasteiger partial charge on any atom is 0.326 e. The summed E-state index contributed by atoms with van der Waals surface area (Å²) in [5, 5.41) is 9.26. The third kappa shape index (κ3) is 2.74. The molecular weight excluding hydrogens is 248 g/mol. The molecule has 2 fully saturated rings. The summed E-state index contributed by atoms with van der Waals surface area (Å²) >= 11 is 0. The van der Waals surface area contributed by atoms with E-state index in [2.05, 4.69) is 0 Å². The van der Waals surface area contributed by atoms with Crippen LogP contribution in [-0.4, -0.2) is 54.2 Å². The molecular formula is C13H22N2O4. The van der Waals surface area contributed by atoms with Gasteiger partial charge in [0.1, 0.15) is 6.04 Å². The molecule has 108 valence electrons. The van der Waals surface area contributed by atoms with Crippen LogP contribution in [0.4, 0.5) is 0 Å². The standard InChI is InChI=1S/C13H22N2O4/c14-9-13(4-7-19-8-5-13)12(18)15-6-2-1-3-10(15)11(16)17/h10H,1-9,14H2,(H,16,17)/t10-/m1/s1. The summed E-state index contributed by atoms with van der Waals surface area (Å²) in [5.74, 6) is -1.00. The van der Waals surface area contributed by atoms with Crippen molar-refractivity contribution in [3.8, 4) is 0 Å². The van der Waals surface area contributed by atoms with Gasteiger partial charge in [0.2, 0.25) is 5.91 Å². The van der Waals surface area contributed by atoms with Crippen molar-refractivity contribution in [2.75, 3.05) is 26.3 Å². The Hall–Kier alpha value is -1.14. The average molecular weight is 270 g/mol. The third-order valence-electron chi connectivity index (χ3n) is 4.34. The van der Waals surface area contributed by atoms with E-state index < -0.39 is 17.4 Å². The number of piperidine rings is 1. The molecule has 6 nitrogen and oxygen atoms in total. The molecule has 6 heteroatoms. The van der Waals surface area contributed by atoms with Crippen molar-refractivity contribution in [1.29, 1.82) is 0 Å². The number of nitrogens with two attached hydrogens (primary N) is 1. The number of rotatable bonds is 3. The van der Waals surface area contributed by atoms with Crippen molar-refractivity contribution < 1.29 is 19.4 Å². The van der Waals surface area contributed by atoms with Crippen molar-refractivity contribution in [3.05, 3.63) is 0 Å². The molecule has 1 atom stereocenters. The van der Waals surface area contributed by atoms with Crippen molar-refractivity contribution in [1.82, 2.24) is 4.90 Å². The van der Waals surface area contributed by atoms with Crippen molar-refractivity contribution >= 4 is 11.9 Å². The number of carbonyl (C=O) groups is 2. The molecule has 0 aliphatic carbocycles. The lowest BCUT2D eigenvalue weighted by molar-refractivity contribution is -0.160. The zero-order chi connectivity index (χ0) is 13.9. The smallest absolute Gasteiger partial charge is 0.326 e. The monoisotopic (exact) mass is 270 g/mol. The number of ether oxygens (including phenoxy) is 1. The molecule has 0 aromatic carbocycles. The Kier molecular flexibility index (Phi) is 4.42. The van der Waals surface area contributed by atoms with Crippen molar-refractivity contribution in [2.24, 2.45) is 11.1 Å². The number of carboxylic acids is 1. The number of likely N-dealkylation sites (tertiary alicyclic amines) is 1. The maximum absolute atomic E-state index is 12.7. The van der Waals surface area contributed by atoms with Crippen LogP contribution < -0.4 is 5.73 Å². The highest BCUT2D eigenvalue weighted by Gasteiger charge is 2.45. The second-order valence-corrected chi connectivity index (χ2v) is 5.45. The van der Waals surface area contributed by atoms with E-state index in [0.29, 0.717) is 39.0 Å². The zero-order valence-corrected chi connectivity index (χ0v) is 11.1. The van der Waals surface area contributed by atoms with Gasteiger partial charge in [-0.1, -0.05) is 0 Å². The van der Waals surface area contributed by atoms with E-state index in [0.717, 1.165) is 12.8 Å². The van der Waals surface area contributed by atoms with Gasteiger partial charge in [-0.3, -0.25) is 4.79 Å². The summed E-state index contributed by atoms with van der Waals surface area (Å²) in [4.78, 5) is 25.6. The van der Waals surface area contributed by atoms with Gasteiger partial charge in [-0.2, -0.15) is 0 Å². The predicted octanol–water partition coefficient (Wildman–Crippen LogP) is 0.208. The third-order valence-corrected chi connectivity index (χ3v) is 4.34. The molecule has 0 spiro atoms. The molecule has 0 aromatic rings. The molecule has 0 unspecified atom stereocenters. The first-order valence-corrected chi connectivity index (χ1v) is 6.92. The van der Waals surface area contributed by atoms with Gasteiger partial charge in [0.25, 0.3) is 0 Å². The van der Waals surface area contributed by atoms with Crippen LogP contribution in [0.2, 0.25) is 0 Å². The van der Waals surface area contributed by atoms with E-state index in [1.54, 1.807) is 0 Å². The van der Waals surface area contributed by atoms with E-state index in [1.165, 1.54) is 4.90 Å². The van der Waals surface area contributed by atoms with Crippen LogP contribution in [0.3, 0.4) is 0 Å².